The minimum atomic E-state index is -0.853. The lowest BCUT2D eigenvalue weighted by Crippen LogP contribution is -2.45. The molecule has 0 aromatic rings. The summed E-state index contributed by atoms with van der Waals surface area (Å²) in [5.74, 6) is -0.0898. The van der Waals surface area contributed by atoms with Crippen molar-refractivity contribution in [3.63, 3.8) is 0 Å². The van der Waals surface area contributed by atoms with Crippen LogP contribution in [0.25, 0.3) is 0 Å². The smallest absolute Gasteiger partial charge is 0.305 e. The quantitative estimate of drug-likeness (QED) is 0.0322. The van der Waals surface area contributed by atoms with Crippen molar-refractivity contribution in [3.05, 3.63) is 12.2 Å². The van der Waals surface area contributed by atoms with Crippen molar-refractivity contribution in [2.75, 3.05) is 13.2 Å². The molecule has 0 heterocycles. The number of aliphatic hydroxyl groups excluding tert-OH is 2. The lowest BCUT2D eigenvalue weighted by molar-refractivity contribution is -0.143. The maximum absolute atomic E-state index is 12.4. The van der Waals surface area contributed by atoms with Crippen molar-refractivity contribution in [1.29, 1.82) is 0 Å². The molecular formula is C54H105NO5. The van der Waals surface area contributed by atoms with Crippen LogP contribution in [-0.4, -0.2) is 47.4 Å². The number of esters is 1. The molecule has 3 N–H and O–H groups in total. The second-order valence-corrected chi connectivity index (χ2v) is 18.6. The number of aliphatic hydroxyl groups is 2. The van der Waals surface area contributed by atoms with Gasteiger partial charge in [-0.15, -0.1) is 0 Å². The Morgan fingerprint density at radius 2 is 0.767 bits per heavy atom. The van der Waals surface area contributed by atoms with E-state index in [2.05, 4.69) is 19.2 Å². The molecule has 0 saturated heterocycles. The number of hydrogen-bond acceptors (Lipinski definition) is 5. The SMILES string of the molecule is CCCCCCCCCCCCCCCCCC/C=C/C(O)C(CO)NC(=O)CCCCCCCCCCCCCCOC(=O)CCCCCCCCCCCCCCC. The predicted octanol–water partition coefficient (Wildman–Crippen LogP) is 16.1. The first kappa shape index (κ1) is 58.6. The van der Waals surface area contributed by atoms with E-state index in [0.717, 1.165) is 57.8 Å². The summed E-state index contributed by atoms with van der Waals surface area (Å²) in [6.07, 6.45) is 57.8. The Morgan fingerprint density at radius 3 is 1.13 bits per heavy atom. The van der Waals surface area contributed by atoms with Crippen molar-refractivity contribution >= 4 is 11.9 Å². The van der Waals surface area contributed by atoms with Crippen LogP contribution in [-0.2, 0) is 14.3 Å². The van der Waals surface area contributed by atoms with Gasteiger partial charge in [-0.2, -0.15) is 0 Å². The molecule has 0 spiro atoms. The lowest BCUT2D eigenvalue weighted by atomic mass is 10.0. The van der Waals surface area contributed by atoms with Crippen LogP contribution in [0.1, 0.15) is 296 Å². The summed E-state index contributed by atoms with van der Waals surface area (Å²) in [4.78, 5) is 24.5. The van der Waals surface area contributed by atoms with Gasteiger partial charge in [-0.05, 0) is 32.1 Å². The number of carbonyl (C=O) groups excluding carboxylic acids is 2. The Morgan fingerprint density at radius 1 is 0.450 bits per heavy atom. The van der Waals surface area contributed by atoms with Gasteiger partial charge in [-0.1, -0.05) is 264 Å². The number of carbonyl (C=O) groups is 2. The van der Waals surface area contributed by atoms with E-state index in [4.69, 9.17) is 4.74 Å². The summed E-state index contributed by atoms with van der Waals surface area (Å²) in [6, 6.07) is -0.638. The average molecular weight is 848 g/mol. The van der Waals surface area contributed by atoms with Gasteiger partial charge in [0.2, 0.25) is 5.91 Å². The van der Waals surface area contributed by atoms with Crippen LogP contribution in [0.3, 0.4) is 0 Å². The van der Waals surface area contributed by atoms with Gasteiger partial charge in [0.15, 0.2) is 0 Å². The Kier molecular flexibility index (Phi) is 49.1. The fraction of sp³-hybridized carbons (Fsp3) is 0.926. The molecule has 2 atom stereocenters. The predicted molar refractivity (Wildman–Crippen MR) is 260 cm³/mol. The molecule has 0 rings (SSSR count). The summed E-state index contributed by atoms with van der Waals surface area (Å²) in [6.45, 7) is 4.88. The molecule has 0 aliphatic carbocycles. The van der Waals surface area contributed by atoms with Gasteiger partial charge in [0.25, 0.3) is 0 Å². The minimum absolute atomic E-state index is 0.00882. The third-order valence-corrected chi connectivity index (χ3v) is 12.6. The van der Waals surface area contributed by atoms with Gasteiger partial charge in [-0.3, -0.25) is 9.59 Å². The van der Waals surface area contributed by atoms with E-state index in [1.807, 2.05) is 6.08 Å². The standard InChI is InChI=1S/C54H105NO5/c1-3-5-7-9-11-13-15-17-18-19-20-21-23-26-30-34-38-42-46-52(57)51(50-56)55-53(58)47-43-39-35-31-27-24-25-29-33-37-41-45-49-60-54(59)48-44-40-36-32-28-22-16-14-12-10-8-6-4-2/h42,46,51-52,56-57H,3-41,43-45,47-50H2,1-2H3,(H,55,58)/b46-42+. The van der Waals surface area contributed by atoms with Crippen LogP contribution in [0.15, 0.2) is 12.2 Å². The highest BCUT2D eigenvalue weighted by Gasteiger charge is 2.18. The normalized spacial score (nSPS) is 12.7. The molecule has 356 valence electrons. The molecule has 60 heavy (non-hydrogen) atoms. The van der Waals surface area contributed by atoms with Gasteiger partial charge >= 0.3 is 5.97 Å². The van der Waals surface area contributed by atoms with E-state index in [1.54, 1.807) is 6.08 Å². The molecule has 1 amide bonds. The first-order valence-corrected chi connectivity index (χ1v) is 27.0. The summed E-state index contributed by atoms with van der Waals surface area (Å²) < 4.78 is 5.46. The zero-order valence-corrected chi connectivity index (χ0v) is 40.5. The summed E-state index contributed by atoms with van der Waals surface area (Å²) >= 11 is 0. The lowest BCUT2D eigenvalue weighted by Gasteiger charge is -2.20. The topological polar surface area (TPSA) is 95.9 Å². The summed E-state index contributed by atoms with van der Waals surface area (Å²) in [5.41, 5.74) is 0. The zero-order valence-electron chi connectivity index (χ0n) is 40.5. The maximum atomic E-state index is 12.4. The highest BCUT2D eigenvalue weighted by molar-refractivity contribution is 5.76. The first-order valence-electron chi connectivity index (χ1n) is 27.0. The Hall–Kier alpha value is -1.40. The summed E-state index contributed by atoms with van der Waals surface area (Å²) in [7, 11) is 0. The van der Waals surface area contributed by atoms with Gasteiger partial charge in [0.1, 0.15) is 0 Å². The molecule has 0 aromatic heterocycles. The second-order valence-electron chi connectivity index (χ2n) is 18.6. The van der Waals surface area contributed by atoms with Crippen LogP contribution in [0.4, 0.5) is 0 Å². The number of hydrogen-bond donors (Lipinski definition) is 3. The van der Waals surface area contributed by atoms with Crippen molar-refractivity contribution in [3.8, 4) is 0 Å². The van der Waals surface area contributed by atoms with E-state index in [9.17, 15) is 19.8 Å². The van der Waals surface area contributed by atoms with Crippen LogP contribution >= 0.6 is 0 Å². The number of amides is 1. The van der Waals surface area contributed by atoms with Gasteiger partial charge < -0.3 is 20.3 Å². The molecule has 0 aliphatic rings. The Balaban J connectivity index is 3.49. The van der Waals surface area contributed by atoms with Crippen molar-refractivity contribution in [2.45, 2.75) is 309 Å². The number of rotatable bonds is 50. The molecule has 6 heteroatoms. The van der Waals surface area contributed by atoms with Crippen LogP contribution in [0.2, 0.25) is 0 Å². The highest BCUT2D eigenvalue weighted by Crippen LogP contribution is 2.17. The molecule has 0 aromatic carbocycles. The minimum Gasteiger partial charge on any atom is -0.466 e. The van der Waals surface area contributed by atoms with Crippen LogP contribution in [0.5, 0.6) is 0 Å². The van der Waals surface area contributed by atoms with E-state index in [1.165, 1.54) is 212 Å². The molecule has 0 radical (unpaired) electrons. The van der Waals surface area contributed by atoms with Gasteiger partial charge in [0.05, 0.1) is 25.4 Å². The van der Waals surface area contributed by atoms with E-state index in [-0.39, 0.29) is 18.5 Å². The molecular weight excluding hydrogens is 743 g/mol. The largest absolute Gasteiger partial charge is 0.466 e. The molecule has 2 unspecified atom stereocenters. The first-order chi connectivity index (χ1) is 29.5. The highest BCUT2D eigenvalue weighted by atomic mass is 16.5. The Bertz CT molecular complexity index is 893. The van der Waals surface area contributed by atoms with Crippen LogP contribution in [0, 0.1) is 0 Å². The van der Waals surface area contributed by atoms with Crippen LogP contribution < -0.4 is 5.32 Å². The summed E-state index contributed by atoms with van der Waals surface area (Å²) in [5, 5.41) is 23.1. The van der Waals surface area contributed by atoms with Crippen molar-refractivity contribution in [1.82, 2.24) is 5.32 Å². The third-order valence-electron chi connectivity index (χ3n) is 12.6. The molecule has 0 saturated carbocycles. The molecule has 0 bridgehead atoms. The average Bonchev–Trinajstić information content (AvgIpc) is 3.25. The Labute approximate surface area is 374 Å². The second kappa shape index (κ2) is 50.2. The van der Waals surface area contributed by atoms with Crippen molar-refractivity contribution < 1.29 is 24.5 Å². The monoisotopic (exact) mass is 848 g/mol. The fourth-order valence-corrected chi connectivity index (χ4v) is 8.40. The van der Waals surface area contributed by atoms with E-state index < -0.39 is 12.1 Å². The molecule has 6 nitrogen and oxygen atoms in total. The third kappa shape index (κ3) is 46.1. The van der Waals surface area contributed by atoms with E-state index >= 15 is 0 Å². The van der Waals surface area contributed by atoms with Gasteiger partial charge in [-0.25, -0.2) is 0 Å². The number of ether oxygens (including phenoxy) is 1. The van der Waals surface area contributed by atoms with E-state index in [0.29, 0.717) is 19.4 Å². The fourth-order valence-electron chi connectivity index (χ4n) is 8.40. The number of nitrogens with one attached hydrogen (secondary N) is 1. The number of allylic oxidation sites excluding steroid dienone is 1. The zero-order chi connectivity index (χ0) is 43.7. The van der Waals surface area contributed by atoms with Crippen molar-refractivity contribution in [2.24, 2.45) is 0 Å². The maximum Gasteiger partial charge on any atom is 0.305 e. The molecule has 0 aliphatic heterocycles. The number of unbranched alkanes of at least 4 members (excludes halogenated alkanes) is 39. The van der Waals surface area contributed by atoms with Gasteiger partial charge in [0, 0.05) is 12.8 Å². The molecule has 0 fully saturated rings.